The first-order chi connectivity index (χ1) is 9.15. The molecule has 0 saturated carbocycles. The number of likely N-dealkylation sites (tertiary alicyclic amines) is 1. The summed E-state index contributed by atoms with van der Waals surface area (Å²) >= 11 is 0. The number of amides is 2. The maximum absolute atomic E-state index is 12.1. The van der Waals surface area contributed by atoms with Crippen molar-refractivity contribution in [2.24, 2.45) is 0 Å². The summed E-state index contributed by atoms with van der Waals surface area (Å²) in [6.45, 7) is 4.09. The fourth-order valence-electron chi connectivity index (χ4n) is 2.04. The predicted octanol–water partition coefficient (Wildman–Crippen LogP) is 0.167. The highest BCUT2D eigenvalue weighted by Crippen LogP contribution is 2.09. The van der Waals surface area contributed by atoms with Crippen molar-refractivity contribution in [1.29, 1.82) is 0 Å². The Kier molecular flexibility index (Phi) is 7.43. The number of hydrogen-bond donors (Lipinski definition) is 1. The second kappa shape index (κ2) is 8.87. The van der Waals surface area contributed by atoms with Gasteiger partial charge in [0.15, 0.2) is 0 Å². The Hall–Kier alpha value is -1.14. The second-order valence-electron chi connectivity index (χ2n) is 4.72. The van der Waals surface area contributed by atoms with E-state index in [1.54, 1.807) is 14.0 Å². The van der Waals surface area contributed by atoms with E-state index in [0.29, 0.717) is 13.2 Å². The SMILES string of the molecule is COCCOCC(=O)N[C@@H](C)C(=O)N1CCCCC1. The molecule has 1 saturated heterocycles. The quantitative estimate of drug-likeness (QED) is 0.671. The number of hydrogen-bond acceptors (Lipinski definition) is 4. The number of methoxy groups -OCH3 is 1. The van der Waals surface area contributed by atoms with E-state index in [0.717, 1.165) is 25.9 Å². The van der Waals surface area contributed by atoms with Crippen molar-refractivity contribution in [1.82, 2.24) is 10.2 Å². The molecule has 6 nitrogen and oxygen atoms in total. The molecule has 0 spiro atoms. The molecule has 0 radical (unpaired) electrons. The fraction of sp³-hybridized carbons (Fsp3) is 0.846. The molecule has 2 amide bonds. The van der Waals surface area contributed by atoms with Gasteiger partial charge >= 0.3 is 0 Å². The second-order valence-corrected chi connectivity index (χ2v) is 4.72. The maximum atomic E-state index is 12.1. The minimum absolute atomic E-state index is 0.00931. The number of carbonyl (C=O) groups excluding carboxylic acids is 2. The molecule has 1 atom stereocenters. The van der Waals surface area contributed by atoms with Gasteiger partial charge in [-0.15, -0.1) is 0 Å². The fourth-order valence-corrected chi connectivity index (χ4v) is 2.04. The largest absolute Gasteiger partial charge is 0.382 e. The topological polar surface area (TPSA) is 67.9 Å². The molecule has 1 aliphatic rings. The summed E-state index contributed by atoms with van der Waals surface area (Å²) in [6, 6.07) is -0.489. The number of piperidine rings is 1. The highest BCUT2D eigenvalue weighted by molar-refractivity contribution is 5.87. The van der Waals surface area contributed by atoms with Gasteiger partial charge < -0.3 is 19.7 Å². The molecule has 19 heavy (non-hydrogen) atoms. The van der Waals surface area contributed by atoms with Crippen molar-refractivity contribution < 1.29 is 19.1 Å². The van der Waals surface area contributed by atoms with Crippen LogP contribution in [0.3, 0.4) is 0 Å². The summed E-state index contributed by atoms with van der Waals surface area (Å²) in [5, 5.41) is 2.66. The van der Waals surface area contributed by atoms with Crippen LogP contribution in [0.5, 0.6) is 0 Å². The molecule has 110 valence electrons. The lowest BCUT2D eigenvalue weighted by Crippen LogP contribution is -2.49. The minimum atomic E-state index is -0.489. The third-order valence-corrected chi connectivity index (χ3v) is 3.08. The average Bonchev–Trinajstić information content (AvgIpc) is 2.43. The highest BCUT2D eigenvalue weighted by atomic mass is 16.5. The van der Waals surface area contributed by atoms with E-state index < -0.39 is 6.04 Å². The van der Waals surface area contributed by atoms with Gasteiger partial charge in [-0.1, -0.05) is 0 Å². The summed E-state index contributed by atoms with van der Waals surface area (Å²) in [4.78, 5) is 25.4. The Morgan fingerprint density at radius 3 is 2.53 bits per heavy atom. The van der Waals surface area contributed by atoms with Gasteiger partial charge in [0.2, 0.25) is 11.8 Å². The molecule has 1 heterocycles. The van der Waals surface area contributed by atoms with Crippen LogP contribution in [0.25, 0.3) is 0 Å². The standard InChI is InChI=1S/C13H24N2O4/c1-11(13(17)15-6-4-3-5-7-15)14-12(16)10-19-9-8-18-2/h11H,3-10H2,1-2H3,(H,14,16)/t11-/m0/s1. The van der Waals surface area contributed by atoms with Crippen LogP contribution in [0.15, 0.2) is 0 Å². The summed E-state index contributed by atoms with van der Waals surface area (Å²) in [5.41, 5.74) is 0. The van der Waals surface area contributed by atoms with Crippen molar-refractivity contribution in [3.63, 3.8) is 0 Å². The van der Waals surface area contributed by atoms with Crippen molar-refractivity contribution >= 4 is 11.8 Å². The summed E-state index contributed by atoms with van der Waals surface area (Å²) in [5.74, 6) is -0.279. The van der Waals surface area contributed by atoms with E-state index in [1.807, 2.05) is 4.90 Å². The summed E-state index contributed by atoms with van der Waals surface area (Å²) < 4.78 is 9.90. The number of ether oxygens (including phenoxy) is 2. The summed E-state index contributed by atoms with van der Waals surface area (Å²) in [7, 11) is 1.57. The Balaban J connectivity index is 2.22. The number of nitrogens with zero attached hydrogens (tertiary/aromatic N) is 1. The molecule has 0 aromatic heterocycles. The Bertz CT molecular complexity index is 290. The van der Waals surface area contributed by atoms with Crippen LogP contribution in [0.4, 0.5) is 0 Å². The zero-order chi connectivity index (χ0) is 14.1. The van der Waals surface area contributed by atoms with Crippen LogP contribution in [0, 0.1) is 0 Å². The van der Waals surface area contributed by atoms with E-state index in [1.165, 1.54) is 6.42 Å². The molecule has 0 unspecified atom stereocenters. The number of nitrogens with one attached hydrogen (secondary N) is 1. The molecule has 0 aromatic rings. The Morgan fingerprint density at radius 1 is 1.21 bits per heavy atom. The van der Waals surface area contributed by atoms with Crippen molar-refractivity contribution in [3.8, 4) is 0 Å². The monoisotopic (exact) mass is 272 g/mol. The molecule has 1 N–H and O–H groups in total. The van der Waals surface area contributed by atoms with Gasteiger partial charge in [-0.25, -0.2) is 0 Å². The van der Waals surface area contributed by atoms with Crippen LogP contribution in [-0.4, -0.2) is 62.8 Å². The molecule has 1 aliphatic heterocycles. The third kappa shape index (κ3) is 6.02. The Labute approximate surface area is 114 Å². The molecular weight excluding hydrogens is 248 g/mol. The van der Waals surface area contributed by atoms with E-state index in [9.17, 15) is 9.59 Å². The molecule has 1 rings (SSSR count). The van der Waals surface area contributed by atoms with Crippen molar-refractivity contribution in [3.05, 3.63) is 0 Å². The van der Waals surface area contributed by atoms with Crippen molar-refractivity contribution in [2.45, 2.75) is 32.2 Å². The first-order valence-corrected chi connectivity index (χ1v) is 6.80. The van der Waals surface area contributed by atoms with Crippen molar-refractivity contribution in [2.75, 3.05) is 40.0 Å². The van der Waals surface area contributed by atoms with Gasteiger partial charge in [-0.3, -0.25) is 9.59 Å². The lowest BCUT2D eigenvalue weighted by atomic mass is 10.1. The molecule has 6 heteroatoms. The van der Waals surface area contributed by atoms with Gasteiger partial charge in [0.25, 0.3) is 0 Å². The summed E-state index contributed by atoms with van der Waals surface area (Å²) in [6.07, 6.45) is 3.27. The maximum Gasteiger partial charge on any atom is 0.246 e. The molecular formula is C13H24N2O4. The van der Waals surface area contributed by atoms with Gasteiger partial charge in [0, 0.05) is 20.2 Å². The highest BCUT2D eigenvalue weighted by Gasteiger charge is 2.23. The minimum Gasteiger partial charge on any atom is -0.382 e. The third-order valence-electron chi connectivity index (χ3n) is 3.08. The predicted molar refractivity (Wildman–Crippen MR) is 70.7 cm³/mol. The molecule has 0 aromatic carbocycles. The molecule has 1 fully saturated rings. The number of carbonyl (C=O) groups is 2. The van der Waals surface area contributed by atoms with Crippen LogP contribution < -0.4 is 5.32 Å². The normalized spacial score (nSPS) is 17.1. The van der Waals surface area contributed by atoms with Gasteiger partial charge in [0.05, 0.1) is 13.2 Å². The van der Waals surface area contributed by atoms with Gasteiger partial charge in [-0.2, -0.15) is 0 Å². The average molecular weight is 272 g/mol. The van der Waals surface area contributed by atoms with E-state index >= 15 is 0 Å². The first kappa shape index (κ1) is 15.9. The first-order valence-electron chi connectivity index (χ1n) is 6.80. The lowest BCUT2D eigenvalue weighted by molar-refractivity contribution is -0.137. The van der Waals surface area contributed by atoms with Crippen LogP contribution in [-0.2, 0) is 19.1 Å². The van der Waals surface area contributed by atoms with Gasteiger partial charge in [0.1, 0.15) is 12.6 Å². The zero-order valence-corrected chi connectivity index (χ0v) is 11.8. The van der Waals surface area contributed by atoms with E-state index in [-0.39, 0.29) is 18.4 Å². The van der Waals surface area contributed by atoms with Crippen LogP contribution in [0.2, 0.25) is 0 Å². The number of rotatable bonds is 7. The Morgan fingerprint density at radius 2 is 1.89 bits per heavy atom. The van der Waals surface area contributed by atoms with Gasteiger partial charge in [-0.05, 0) is 26.2 Å². The smallest absolute Gasteiger partial charge is 0.246 e. The van der Waals surface area contributed by atoms with E-state index in [2.05, 4.69) is 5.32 Å². The lowest BCUT2D eigenvalue weighted by Gasteiger charge is -2.29. The van der Waals surface area contributed by atoms with E-state index in [4.69, 9.17) is 9.47 Å². The molecule has 0 aliphatic carbocycles. The van der Waals surface area contributed by atoms with Crippen LogP contribution in [0.1, 0.15) is 26.2 Å². The zero-order valence-electron chi connectivity index (χ0n) is 11.8. The molecule has 0 bridgehead atoms. The van der Waals surface area contributed by atoms with Crippen LogP contribution >= 0.6 is 0 Å².